The van der Waals surface area contributed by atoms with E-state index in [1.165, 1.54) is 0 Å². The number of anilines is 1. The average molecular weight is 344 g/mol. The van der Waals surface area contributed by atoms with Crippen molar-refractivity contribution < 1.29 is 9.53 Å². The van der Waals surface area contributed by atoms with Crippen molar-refractivity contribution in [3.8, 4) is 5.75 Å². The number of ether oxygens (including phenoxy) is 1. The predicted molar refractivity (Wildman–Crippen MR) is 93.6 cm³/mol. The van der Waals surface area contributed by atoms with Crippen LogP contribution < -0.4 is 10.1 Å². The van der Waals surface area contributed by atoms with E-state index in [0.717, 1.165) is 37.6 Å². The summed E-state index contributed by atoms with van der Waals surface area (Å²) in [5.74, 6) is 3.06. The van der Waals surface area contributed by atoms with Crippen molar-refractivity contribution in [2.75, 3.05) is 25.5 Å². The Morgan fingerprint density at radius 3 is 3.00 bits per heavy atom. The fraction of sp³-hybridized carbons (Fsp3) is 0.529. The predicted octanol–water partition coefficient (Wildman–Crippen LogP) is 2.24. The summed E-state index contributed by atoms with van der Waals surface area (Å²) in [6.07, 6.45) is 3.69. The molecular formula is C17H24N6O2. The molecule has 1 atom stereocenters. The smallest absolute Gasteiger partial charge is 0.323 e. The van der Waals surface area contributed by atoms with Gasteiger partial charge in [0.25, 0.3) is 0 Å². The number of carbonyl (C=O) groups excluding carboxylic acids is 1. The number of aryl methyl sites for hydroxylation is 2. The normalized spacial score (nSPS) is 17.4. The van der Waals surface area contributed by atoms with Gasteiger partial charge in [0.05, 0.1) is 7.11 Å². The Kier molecular flexibility index (Phi) is 5.16. The number of carbonyl (C=O) groups is 1. The summed E-state index contributed by atoms with van der Waals surface area (Å²) in [6.45, 7) is 6.07. The molecule has 0 radical (unpaired) electrons. The highest BCUT2D eigenvalue weighted by Crippen LogP contribution is 2.23. The Balaban J connectivity index is 1.62. The highest BCUT2D eigenvalue weighted by atomic mass is 16.5. The Morgan fingerprint density at radius 2 is 2.28 bits per heavy atom. The van der Waals surface area contributed by atoms with E-state index in [2.05, 4.69) is 20.4 Å². The van der Waals surface area contributed by atoms with Gasteiger partial charge in [0.15, 0.2) is 11.6 Å². The molecule has 1 fully saturated rings. The third-order valence-electron chi connectivity index (χ3n) is 4.42. The van der Waals surface area contributed by atoms with Crippen molar-refractivity contribution in [2.24, 2.45) is 5.92 Å². The van der Waals surface area contributed by atoms with Crippen LogP contribution in [0.1, 0.15) is 24.5 Å². The zero-order chi connectivity index (χ0) is 17.8. The fourth-order valence-electron chi connectivity index (χ4n) is 3.21. The number of likely N-dealkylation sites (tertiary alicyclic amines) is 1. The van der Waals surface area contributed by atoms with Gasteiger partial charge in [-0.2, -0.15) is 5.10 Å². The van der Waals surface area contributed by atoms with Crippen molar-refractivity contribution >= 4 is 11.8 Å². The summed E-state index contributed by atoms with van der Waals surface area (Å²) in [4.78, 5) is 22.9. The third-order valence-corrected chi connectivity index (χ3v) is 4.42. The second-order valence-electron chi connectivity index (χ2n) is 6.33. The molecule has 8 nitrogen and oxygen atoms in total. The Morgan fingerprint density at radius 1 is 1.44 bits per heavy atom. The lowest BCUT2D eigenvalue weighted by molar-refractivity contribution is 0.168. The maximum atomic E-state index is 12.6. The molecular weight excluding hydrogens is 320 g/mol. The van der Waals surface area contributed by atoms with Gasteiger partial charge in [0.2, 0.25) is 0 Å². The maximum absolute atomic E-state index is 12.6. The minimum Gasteiger partial charge on any atom is -0.493 e. The van der Waals surface area contributed by atoms with Crippen LogP contribution in [0.4, 0.5) is 10.6 Å². The largest absolute Gasteiger partial charge is 0.493 e. The minimum atomic E-state index is -0.145. The van der Waals surface area contributed by atoms with Gasteiger partial charge < -0.3 is 9.64 Å². The number of aromatic nitrogens is 4. The number of methoxy groups -OCH3 is 1. The number of amides is 2. The summed E-state index contributed by atoms with van der Waals surface area (Å²) >= 11 is 0. The van der Waals surface area contributed by atoms with Crippen LogP contribution in [0.2, 0.25) is 0 Å². The van der Waals surface area contributed by atoms with Gasteiger partial charge in [-0.3, -0.25) is 5.32 Å². The van der Waals surface area contributed by atoms with Crippen molar-refractivity contribution in [1.29, 1.82) is 0 Å². The first kappa shape index (κ1) is 17.2. The first-order chi connectivity index (χ1) is 12.1. The van der Waals surface area contributed by atoms with E-state index in [1.54, 1.807) is 25.4 Å². The molecule has 0 saturated carbocycles. The highest BCUT2D eigenvalue weighted by Gasteiger charge is 2.25. The lowest BCUT2D eigenvalue weighted by atomic mass is 9.98. The highest BCUT2D eigenvalue weighted by molar-refractivity contribution is 5.89. The summed E-state index contributed by atoms with van der Waals surface area (Å²) in [7, 11) is 1.56. The number of nitrogens with one attached hydrogen (secondary N) is 1. The Hall–Kier alpha value is -2.64. The molecule has 2 amide bonds. The van der Waals surface area contributed by atoms with Crippen molar-refractivity contribution in [3.63, 3.8) is 0 Å². The molecule has 1 saturated heterocycles. The van der Waals surface area contributed by atoms with Crippen molar-refractivity contribution in [3.05, 3.63) is 30.0 Å². The average Bonchev–Trinajstić information content (AvgIpc) is 2.92. The van der Waals surface area contributed by atoms with E-state index in [9.17, 15) is 4.79 Å². The Bertz CT molecular complexity index is 744. The standard InChI is InChI=1S/C17H24N6O2/c1-12-19-13(2)23(21-12)11-14-6-5-9-22(10-14)17(24)20-16-15(25-3)7-4-8-18-16/h4,7-8,14H,5-6,9-11H2,1-3H3,(H,18,20,24). The number of piperidine rings is 1. The molecule has 134 valence electrons. The molecule has 2 aromatic rings. The molecule has 1 N–H and O–H groups in total. The van der Waals surface area contributed by atoms with Crippen LogP contribution in [-0.2, 0) is 6.54 Å². The summed E-state index contributed by atoms with van der Waals surface area (Å²) < 4.78 is 7.17. The zero-order valence-electron chi connectivity index (χ0n) is 14.9. The van der Waals surface area contributed by atoms with Crippen molar-refractivity contribution in [2.45, 2.75) is 33.2 Å². The molecule has 0 aromatic carbocycles. The van der Waals surface area contributed by atoms with Gasteiger partial charge in [0.1, 0.15) is 11.6 Å². The van der Waals surface area contributed by atoms with Gasteiger partial charge in [-0.05, 0) is 44.7 Å². The third kappa shape index (κ3) is 4.07. The second kappa shape index (κ2) is 7.50. The maximum Gasteiger partial charge on any atom is 0.323 e. The second-order valence-corrected chi connectivity index (χ2v) is 6.33. The summed E-state index contributed by atoms with van der Waals surface area (Å²) in [5.41, 5.74) is 0. The van der Waals surface area contributed by atoms with Gasteiger partial charge in [0, 0.05) is 25.8 Å². The molecule has 1 unspecified atom stereocenters. The number of pyridine rings is 1. The van der Waals surface area contributed by atoms with Crippen LogP contribution in [0, 0.1) is 19.8 Å². The molecule has 3 rings (SSSR count). The SMILES string of the molecule is COc1cccnc1NC(=O)N1CCCC(Cn2nc(C)nc2C)C1. The topological polar surface area (TPSA) is 85.2 Å². The van der Waals surface area contributed by atoms with Crippen LogP contribution in [0.3, 0.4) is 0 Å². The van der Waals surface area contributed by atoms with Crippen LogP contribution >= 0.6 is 0 Å². The molecule has 0 spiro atoms. The van der Waals surface area contributed by atoms with E-state index in [1.807, 2.05) is 23.4 Å². The molecule has 2 aromatic heterocycles. The van der Waals surface area contributed by atoms with Gasteiger partial charge in [-0.15, -0.1) is 0 Å². The number of nitrogens with zero attached hydrogens (tertiary/aromatic N) is 5. The molecule has 8 heteroatoms. The molecule has 0 bridgehead atoms. The van der Waals surface area contributed by atoms with E-state index in [4.69, 9.17) is 4.74 Å². The molecule has 0 aliphatic carbocycles. The van der Waals surface area contributed by atoms with Crippen LogP contribution in [0.15, 0.2) is 18.3 Å². The van der Waals surface area contributed by atoms with Gasteiger partial charge in [-0.25, -0.2) is 19.4 Å². The molecule has 1 aliphatic heterocycles. The molecule has 3 heterocycles. The number of urea groups is 1. The van der Waals surface area contributed by atoms with E-state index < -0.39 is 0 Å². The van der Waals surface area contributed by atoms with Crippen molar-refractivity contribution in [1.82, 2.24) is 24.6 Å². The van der Waals surface area contributed by atoms with E-state index in [-0.39, 0.29) is 6.03 Å². The van der Waals surface area contributed by atoms with Crippen LogP contribution in [0.25, 0.3) is 0 Å². The van der Waals surface area contributed by atoms with E-state index >= 15 is 0 Å². The molecule has 25 heavy (non-hydrogen) atoms. The van der Waals surface area contributed by atoms with Gasteiger partial charge >= 0.3 is 6.03 Å². The quantitative estimate of drug-likeness (QED) is 0.919. The number of hydrogen-bond donors (Lipinski definition) is 1. The fourth-order valence-corrected chi connectivity index (χ4v) is 3.21. The first-order valence-electron chi connectivity index (χ1n) is 8.50. The van der Waals surface area contributed by atoms with Gasteiger partial charge in [-0.1, -0.05) is 0 Å². The summed E-state index contributed by atoms with van der Waals surface area (Å²) in [5, 5.41) is 7.27. The first-order valence-corrected chi connectivity index (χ1v) is 8.50. The molecule has 1 aliphatic rings. The van der Waals surface area contributed by atoms with Crippen LogP contribution in [-0.4, -0.2) is 50.9 Å². The monoisotopic (exact) mass is 344 g/mol. The summed E-state index contributed by atoms with van der Waals surface area (Å²) in [6, 6.07) is 3.40. The minimum absolute atomic E-state index is 0.145. The van der Waals surface area contributed by atoms with Crippen LogP contribution in [0.5, 0.6) is 5.75 Å². The van der Waals surface area contributed by atoms with E-state index in [0.29, 0.717) is 24.0 Å². The lowest BCUT2D eigenvalue weighted by Crippen LogP contribution is -2.43. The zero-order valence-corrected chi connectivity index (χ0v) is 14.9. The number of rotatable bonds is 4. The Labute approximate surface area is 147 Å². The number of hydrogen-bond acceptors (Lipinski definition) is 5. The lowest BCUT2D eigenvalue weighted by Gasteiger charge is -2.32.